The van der Waals surface area contributed by atoms with E-state index in [1.54, 1.807) is 22.8 Å². The summed E-state index contributed by atoms with van der Waals surface area (Å²) in [6.07, 6.45) is 6.37. The Hall–Kier alpha value is -2.88. The van der Waals surface area contributed by atoms with Crippen LogP contribution < -0.4 is 5.32 Å². The van der Waals surface area contributed by atoms with Crippen molar-refractivity contribution in [1.82, 2.24) is 35.0 Å². The van der Waals surface area contributed by atoms with E-state index >= 15 is 0 Å². The van der Waals surface area contributed by atoms with Gasteiger partial charge in [0, 0.05) is 18.3 Å². The van der Waals surface area contributed by atoms with Crippen LogP contribution in [-0.2, 0) is 11.3 Å². The molecule has 0 saturated carbocycles. The summed E-state index contributed by atoms with van der Waals surface area (Å²) in [5.41, 5.74) is 0.710. The number of nitrogens with zero attached hydrogens (tertiary/aromatic N) is 6. The molecule has 3 aromatic rings. The lowest BCUT2D eigenvalue weighted by Gasteiger charge is -2.35. The van der Waals surface area contributed by atoms with Crippen LogP contribution in [0.5, 0.6) is 0 Å². The third-order valence-corrected chi connectivity index (χ3v) is 7.39. The number of carbonyl (C=O) groups is 2. The van der Waals surface area contributed by atoms with Crippen molar-refractivity contribution in [2.45, 2.75) is 58.2 Å². The summed E-state index contributed by atoms with van der Waals surface area (Å²) in [4.78, 5) is 32.8. The van der Waals surface area contributed by atoms with Gasteiger partial charge in [-0.15, -0.1) is 10.2 Å². The highest BCUT2D eigenvalue weighted by Gasteiger charge is 2.60. The molecular formula is C20H23N7O2S. The molecule has 5 heterocycles. The van der Waals surface area contributed by atoms with Gasteiger partial charge in [0.15, 0.2) is 5.65 Å². The smallest absolute Gasteiger partial charge is 0.255 e. The minimum Gasteiger partial charge on any atom is -0.349 e. The van der Waals surface area contributed by atoms with Gasteiger partial charge >= 0.3 is 0 Å². The maximum Gasteiger partial charge on any atom is 0.255 e. The zero-order valence-electron chi connectivity index (χ0n) is 16.9. The SMILES string of the molecule is CC[C@]1(C(=O)NCc2nnc(C)s2)C[C@H]2CC[C@@H]1N2C(=O)c1ccc2ncnn2c1. The molecule has 156 valence electrons. The topological polar surface area (TPSA) is 105 Å². The Kier molecular flexibility index (Phi) is 4.53. The van der Waals surface area contributed by atoms with Gasteiger partial charge < -0.3 is 10.2 Å². The standard InChI is InChI=1S/C20H23N7O2S/c1-3-20(19(29)21-9-17-25-24-12(2)30-17)8-14-5-6-15(20)27(14)18(28)13-4-7-16-22-11-23-26(16)10-13/h4,7,10-11,14-15H,3,5-6,8-9H2,1-2H3,(H,21,29)/t14-,15+,20+/m1/s1. The Bertz CT molecular complexity index is 1130. The molecule has 2 aliphatic heterocycles. The number of rotatable bonds is 5. The van der Waals surface area contributed by atoms with E-state index in [1.807, 2.05) is 18.7 Å². The molecule has 2 aliphatic rings. The molecule has 30 heavy (non-hydrogen) atoms. The number of nitrogens with one attached hydrogen (secondary N) is 1. The van der Waals surface area contributed by atoms with Crippen LogP contribution in [0.4, 0.5) is 0 Å². The van der Waals surface area contributed by atoms with Gasteiger partial charge in [0.1, 0.15) is 16.3 Å². The minimum absolute atomic E-state index is 0.00887. The van der Waals surface area contributed by atoms with Gasteiger partial charge in [0.2, 0.25) is 5.91 Å². The molecule has 9 nitrogen and oxygen atoms in total. The van der Waals surface area contributed by atoms with Crippen LogP contribution in [0.25, 0.3) is 5.65 Å². The van der Waals surface area contributed by atoms with Crippen molar-refractivity contribution in [3.05, 3.63) is 40.2 Å². The predicted octanol–water partition coefficient (Wildman–Crippen LogP) is 1.98. The van der Waals surface area contributed by atoms with Crippen LogP contribution >= 0.6 is 11.3 Å². The van der Waals surface area contributed by atoms with Crippen molar-refractivity contribution in [3.63, 3.8) is 0 Å². The fraction of sp³-hybridized carbons (Fsp3) is 0.500. The molecule has 2 bridgehead atoms. The first-order valence-electron chi connectivity index (χ1n) is 10.2. The second kappa shape index (κ2) is 7.12. The van der Waals surface area contributed by atoms with Gasteiger partial charge in [-0.1, -0.05) is 18.3 Å². The highest BCUT2D eigenvalue weighted by atomic mass is 32.1. The summed E-state index contributed by atoms with van der Waals surface area (Å²) < 4.78 is 1.61. The third kappa shape index (κ3) is 2.89. The van der Waals surface area contributed by atoms with Crippen molar-refractivity contribution >= 4 is 28.8 Å². The summed E-state index contributed by atoms with van der Waals surface area (Å²) in [7, 11) is 0. The average Bonchev–Trinajstić information content (AvgIpc) is 3.53. The zero-order valence-corrected chi connectivity index (χ0v) is 17.7. The third-order valence-electron chi connectivity index (χ3n) is 6.55. The number of pyridine rings is 1. The molecule has 3 atom stereocenters. The van der Waals surface area contributed by atoms with Crippen LogP contribution in [0.1, 0.15) is 53.0 Å². The number of hydrogen-bond donors (Lipinski definition) is 1. The zero-order chi connectivity index (χ0) is 20.9. The van der Waals surface area contributed by atoms with Crippen LogP contribution in [0, 0.1) is 12.3 Å². The number of aromatic nitrogens is 5. The molecule has 0 radical (unpaired) electrons. The molecule has 2 saturated heterocycles. The summed E-state index contributed by atoms with van der Waals surface area (Å²) in [5.74, 6) is -0.0302. The second-order valence-electron chi connectivity index (χ2n) is 8.05. The fourth-order valence-electron chi connectivity index (χ4n) is 5.11. The Morgan fingerprint density at radius 2 is 2.17 bits per heavy atom. The average molecular weight is 426 g/mol. The lowest BCUT2D eigenvalue weighted by molar-refractivity contribution is -0.133. The van der Waals surface area contributed by atoms with E-state index in [4.69, 9.17) is 0 Å². The molecular weight excluding hydrogens is 402 g/mol. The largest absolute Gasteiger partial charge is 0.349 e. The lowest BCUT2D eigenvalue weighted by atomic mass is 9.71. The van der Waals surface area contributed by atoms with Crippen LogP contribution in [-0.4, -0.2) is 53.6 Å². The lowest BCUT2D eigenvalue weighted by Crippen LogP contribution is -2.49. The summed E-state index contributed by atoms with van der Waals surface area (Å²) in [6, 6.07) is 3.57. The van der Waals surface area contributed by atoms with Gasteiger partial charge in [0.25, 0.3) is 5.91 Å². The second-order valence-corrected chi connectivity index (χ2v) is 9.32. The number of carbonyl (C=O) groups excluding carboxylic acids is 2. The highest BCUT2D eigenvalue weighted by molar-refractivity contribution is 7.11. The van der Waals surface area contributed by atoms with Gasteiger partial charge in [-0.2, -0.15) is 5.10 Å². The van der Waals surface area contributed by atoms with E-state index in [-0.39, 0.29) is 23.9 Å². The molecule has 2 amide bonds. The Morgan fingerprint density at radius 1 is 1.30 bits per heavy atom. The van der Waals surface area contributed by atoms with E-state index < -0.39 is 5.41 Å². The Labute approximate surface area is 177 Å². The van der Waals surface area contributed by atoms with Crippen LogP contribution in [0.3, 0.4) is 0 Å². The molecule has 0 unspecified atom stereocenters. The summed E-state index contributed by atoms with van der Waals surface area (Å²) in [5, 5.41) is 17.0. The molecule has 0 aliphatic carbocycles. The molecule has 0 spiro atoms. The van der Waals surface area contributed by atoms with E-state index in [0.29, 0.717) is 30.6 Å². The molecule has 0 aromatic carbocycles. The van der Waals surface area contributed by atoms with Crippen molar-refractivity contribution in [1.29, 1.82) is 0 Å². The number of aryl methyl sites for hydroxylation is 1. The molecule has 5 rings (SSSR count). The van der Waals surface area contributed by atoms with Gasteiger partial charge in [-0.25, -0.2) is 9.50 Å². The van der Waals surface area contributed by atoms with Crippen molar-refractivity contribution in [3.8, 4) is 0 Å². The van der Waals surface area contributed by atoms with Gasteiger partial charge in [-0.05, 0) is 44.7 Å². The van der Waals surface area contributed by atoms with Crippen LogP contribution in [0.15, 0.2) is 24.7 Å². The number of amides is 2. The van der Waals surface area contributed by atoms with Crippen molar-refractivity contribution in [2.24, 2.45) is 5.41 Å². The van der Waals surface area contributed by atoms with E-state index in [1.165, 1.54) is 17.7 Å². The highest BCUT2D eigenvalue weighted by Crippen LogP contribution is 2.52. The van der Waals surface area contributed by atoms with Crippen molar-refractivity contribution < 1.29 is 9.59 Å². The van der Waals surface area contributed by atoms with Crippen LogP contribution in [0.2, 0.25) is 0 Å². The number of fused-ring (bicyclic) bond motifs is 3. The monoisotopic (exact) mass is 425 g/mol. The maximum atomic E-state index is 13.4. The van der Waals surface area contributed by atoms with Gasteiger partial charge in [0.05, 0.1) is 17.5 Å². The number of hydrogen-bond acceptors (Lipinski definition) is 7. The maximum absolute atomic E-state index is 13.4. The molecule has 10 heteroatoms. The molecule has 3 aromatic heterocycles. The Balaban J connectivity index is 1.38. The first-order chi connectivity index (χ1) is 14.5. The predicted molar refractivity (Wildman–Crippen MR) is 110 cm³/mol. The normalized spacial score (nSPS) is 25.2. The van der Waals surface area contributed by atoms with E-state index in [9.17, 15) is 9.59 Å². The summed E-state index contributed by atoms with van der Waals surface area (Å²) in [6.45, 7) is 4.31. The first-order valence-corrected chi connectivity index (χ1v) is 11.0. The molecule has 2 fully saturated rings. The van der Waals surface area contributed by atoms with E-state index in [2.05, 4.69) is 25.6 Å². The quantitative estimate of drug-likeness (QED) is 0.670. The molecule has 1 N–H and O–H groups in total. The fourth-order valence-corrected chi connectivity index (χ4v) is 5.76. The summed E-state index contributed by atoms with van der Waals surface area (Å²) >= 11 is 1.48. The van der Waals surface area contributed by atoms with Crippen molar-refractivity contribution in [2.75, 3.05) is 0 Å². The Morgan fingerprint density at radius 3 is 2.93 bits per heavy atom. The van der Waals surface area contributed by atoms with E-state index in [0.717, 1.165) is 22.9 Å². The first kappa shape index (κ1) is 19.1. The van der Waals surface area contributed by atoms with Gasteiger partial charge in [-0.3, -0.25) is 9.59 Å². The minimum atomic E-state index is -0.560.